The Kier molecular flexibility index (Phi) is 20.4. The molecule has 7 heteroatoms. The second-order valence-corrected chi connectivity index (χ2v) is 10.9. The largest absolute Gasteiger partial charge is 0.481 e. The van der Waals surface area contributed by atoms with Gasteiger partial charge in [0, 0.05) is 0 Å². The van der Waals surface area contributed by atoms with Crippen LogP contribution in [0.2, 0.25) is 0 Å². The third-order valence-electron chi connectivity index (χ3n) is 7.32. The predicted molar refractivity (Wildman–Crippen MR) is 148 cm³/mol. The quantitative estimate of drug-likeness (QED) is 0.0773. The van der Waals surface area contributed by atoms with Crippen molar-refractivity contribution in [1.82, 2.24) is 0 Å². The van der Waals surface area contributed by atoms with Crippen molar-refractivity contribution < 1.29 is 34.4 Å². The molecule has 0 aliphatic heterocycles. The van der Waals surface area contributed by atoms with E-state index in [4.69, 9.17) is 9.84 Å². The molecule has 0 saturated heterocycles. The molecule has 0 rings (SSSR count). The Labute approximate surface area is 225 Å². The minimum Gasteiger partial charge on any atom is -0.481 e. The minimum absolute atomic E-state index is 0.693. The number of carbonyl (C=O) groups is 3. The van der Waals surface area contributed by atoms with Crippen LogP contribution in [0.3, 0.4) is 0 Å². The summed E-state index contributed by atoms with van der Waals surface area (Å²) < 4.78 is 6.06. The molecule has 0 amide bonds. The summed E-state index contributed by atoms with van der Waals surface area (Å²) >= 11 is 0. The Morgan fingerprint density at radius 3 is 1.27 bits per heavy atom. The van der Waals surface area contributed by atoms with Gasteiger partial charge in [0.05, 0.1) is 12.8 Å². The smallest absolute Gasteiger partial charge is 0.336 e. The van der Waals surface area contributed by atoms with E-state index in [1.165, 1.54) is 44.9 Å². The van der Waals surface area contributed by atoms with Crippen molar-refractivity contribution in [2.45, 2.75) is 173 Å². The average Bonchev–Trinajstić information content (AvgIpc) is 2.82. The van der Waals surface area contributed by atoms with Gasteiger partial charge in [-0.15, -0.1) is 0 Å². The van der Waals surface area contributed by atoms with Crippen molar-refractivity contribution in [3.63, 3.8) is 0 Å². The molecule has 0 heterocycles. The van der Waals surface area contributed by atoms with Crippen LogP contribution >= 0.6 is 0 Å². The van der Waals surface area contributed by atoms with Crippen LogP contribution in [0.15, 0.2) is 0 Å². The van der Waals surface area contributed by atoms with E-state index < -0.39 is 42.0 Å². The summed E-state index contributed by atoms with van der Waals surface area (Å²) in [6.45, 7) is 6.54. The van der Waals surface area contributed by atoms with E-state index in [-0.39, 0.29) is 0 Å². The molecule has 0 aliphatic carbocycles. The molecular weight excluding hydrogens is 472 g/mol. The molecule has 0 fully saturated rings. The van der Waals surface area contributed by atoms with Crippen molar-refractivity contribution in [3.8, 4) is 0 Å². The van der Waals surface area contributed by atoms with Gasteiger partial charge in [-0.3, -0.25) is 9.59 Å². The van der Waals surface area contributed by atoms with Crippen molar-refractivity contribution in [2.75, 3.05) is 0 Å². The van der Waals surface area contributed by atoms with Crippen LogP contribution in [0.5, 0.6) is 0 Å². The summed E-state index contributed by atoms with van der Waals surface area (Å²) in [5.41, 5.74) is -3.36. The lowest BCUT2D eigenvalue weighted by Crippen LogP contribution is -2.45. The third kappa shape index (κ3) is 17.5. The van der Waals surface area contributed by atoms with Crippen LogP contribution < -0.4 is 0 Å². The fourth-order valence-corrected chi connectivity index (χ4v) is 5.01. The molecule has 7 nitrogen and oxygen atoms in total. The van der Waals surface area contributed by atoms with E-state index in [1.807, 2.05) is 0 Å². The number of hydrogen-bond donors (Lipinski definition) is 3. The second-order valence-electron chi connectivity index (χ2n) is 10.9. The van der Waals surface area contributed by atoms with E-state index >= 15 is 0 Å². The van der Waals surface area contributed by atoms with Gasteiger partial charge in [0.2, 0.25) is 0 Å². The van der Waals surface area contributed by atoms with Crippen molar-refractivity contribution in [3.05, 3.63) is 0 Å². The van der Waals surface area contributed by atoms with Gasteiger partial charge >= 0.3 is 17.9 Å². The van der Waals surface area contributed by atoms with E-state index in [9.17, 15) is 24.6 Å². The fourth-order valence-electron chi connectivity index (χ4n) is 5.01. The second kappa shape index (κ2) is 21.3. The molecule has 0 aliphatic rings. The molecule has 0 aromatic carbocycles. The number of aliphatic hydroxyl groups is 1. The van der Waals surface area contributed by atoms with Gasteiger partial charge in [0.1, 0.15) is 5.60 Å². The first-order valence-electron chi connectivity index (χ1n) is 15.0. The molecule has 0 spiro atoms. The number of esters is 1. The maximum absolute atomic E-state index is 13.0. The van der Waals surface area contributed by atoms with Crippen molar-refractivity contribution >= 4 is 17.9 Å². The Morgan fingerprint density at radius 2 is 0.919 bits per heavy atom. The van der Waals surface area contributed by atoms with Gasteiger partial charge in [0.15, 0.2) is 5.60 Å². The molecule has 2 unspecified atom stereocenters. The standard InChI is InChI=1S/C30H56O7/c1-4-7-10-13-15-17-20-23-29(21-18-12-9-6-3,22-19-16-14-11-8-5-2)37-27(33)25-30(36,28(34)35)24-26(31)32/h36H,4-25H2,1-3H3,(H,31,32)(H,34,35). The Balaban J connectivity index is 5.47. The predicted octanol–water partition coefficient (Wildman–Crippen LogP) is 7.81. The maximum Gasteiger partial charge on any atom is 0.336 e. The molecule has 0 bridgehead atoms. The van der Waals surface area contributed by atoms with Crippen LogP contribution in [-0.4, -0.2) is 44.4 Å². The third-order valence-corrected chi connectivity index (χ3v) is 7.32. The zero-order chi connectivity index (χ0) is 28.0. The van der Waals surface area contributed by atoms with Crippen LogP contribution in [0.1, 0.15) is 162 Å². The lowest BCUT2D eigenvalue weighted by molar-refractivity contribution is -0.179. The zero-order valence-corrected chi connectivity index (χ0v) is 24.0. The lowest BCUT2D eigenvalue weighted by Gasteiger charge is -2.35. The first-order chi connectivity index (χ1) is 17.6. The molecular formula is C30H56O7. The molecule has 0 aromatic heterocycles. The summed E-state index contributed by atoms with van der Waals surface area (Å²) in [5.74, 6) is -4.02. The highest BCUT2D eigenvalue weighted by atomic mass is 16.6. The highest BCUT2D eigenvalue weighted by Crippen LogP contribution is 2.34. The van der Waals surface area contributed by atoms with E-state index in [2.05, 4.69) is 20.8 Å². The van der Waals surface area contributed by atoms with Gasteiger partial charge in [-0.2, -0.15) is 0 Å². The molecule has 37 heavy (non-hydrogen) atoms. The summed E-state index contributed by atoms with van der Waals surface area (Å²) in [6.07, 6.45) is 19.2. The van der Waals surface area contributed by atoms with Crippen LogP contribution in [0.25, 0.3) is 0 Å². The van der Waals surface area contributed by atoms with Gasteiger partial charge in [0.25, 0.3) is 0 Å². The van der Waals surface area contributed by atoms with Crippen LogP contribution in [0.4, 0.5) is 0 Å². The van der Waals surface area contributed by atoms with E-state index in [0.29, 0.717) is 6.42 Å². The number of ether oxygens (including phenoxy) is 1. The summed E-state index contributed by atoms with van der Waals surface area (Å²) in [6, 6.07) is 0. The molecule has 2 atom stereocenters. The van der Waals surface area contributed by atoms with Crippen molar-refractivity contribution in [1.29, 1.82) is 0 Å². The molecule has 0 saturated carbocycles. The van der Waals surface area contributed by atoms with Gasteiger partial charge in [-0.05, 0) is 38.5 Å². The normalized spacial score (nSPS) is 14.6. The Hall–Kier alpha value is -1.63. The number of rotatable bonds is 26. The molecule has 0 radical (unpaired) electrons. The topological polar surface area (TPSA) is 121 Å². The monoisotopic (exact) mass is 528 g/mol. The maximum atomic E-state index is 13.0. The lowest BCUT2D eigenvalue weighted by atomic mass is 9.84. The number of carboxylic acid groups (broad SMARTS) is 2. The van der Waals surface area contributed by atoms with Gasteiger partial charge < -0.3 is 20.1 Å². The van der Waals surface area contributed by atoms with Crippen LogP contribution in [-0.2, 0) is 19.1 Å². The van der Waals surface area contributed by atoms with E-state index in [1.54, 1.807) is 0 Å². The Morgan fingerprint density at radius 1 is 0.568 bits per heavy atom. The SMILES string of the molecule is CCCCCCCCCC(CCCCCC)(CCCCCCCC)OC(=O)CC(O)(CC(=O)O)C(=O)O. The molecule has 0 aromatic rings. The highest BCUT2D eigenvalue weighted by molar-refractivity contribution is 5.88. The number of carbonyl (C=O) groups excluding carboxylic acids is 1. The fraction of sp³-hybridized carbons (Fsp3) is 0.900. The number of unbranched alkanes of at least 4 members (excludes halogenated alkanes) is 14. The molecule has 218 valence electrons. The number of hydrogen-bond acceptors (Lipinski definition) is 5. The van der Waals surface area contributed by atoms with Crippen molar-refractivity contribution in [2.24, 2.45) is 0 Å². The Bertz CT molecular complexity index is 621. The summed E-state index contributed by atoms with van der Waals surface area (Å²) in [4.78, 5) is 35.7. The first kappa shape index (κ1) is 35.4. The number of carboxylic acids is 2. The zero-order valence-electron chi connectivity index (χ0n) is 24.0. The number of aliphatic carboxylic acids is 2. The van der Waals surface area contributed by atoms with Crippen LogP contribution in [0, 0.1) is 0 Å². The average molecular weight is 529 g/mol. The highest BCUT2D eigenvalue weighted by Gasteiger charge is 2.43. The summed E-state index contributed by atoms with van der Waals surface area (Å²) in [5, 5.41) is 28.9. The first-order valence-corrected chi connectivity index (χ1v) is 15.0. The minimum atomic E-state index is -2.67. The molecule has 3 N–H and O–H groups in total. The van der Waals surface area contributed by atoms with Gasteiger partial charge in [-0.1, -0.05) is 111 Å². The van der Waals surface area contributed by atoms with E-state index in [0.717, 1.165) is 77.0 Å². The summed E-state index contributed by atoms with van der Waals surface area (Å²) in [7, 11) is 0. The van der Waals surface area contributed by atoms with Gasteiger partial charge in [-0.25, -0.2) is 4.79 Å².